The van der Waals surface area contributed by atoms with Crippen LogP contribution in [0.25, 0.3) is 0 Å². The van der Waals surface area contributed by atoms with Gasteiger partial charge < -0.3 is 9.84 Å². The van der Waals surface area contributed by atoms with Crippen molar-refractivity contribution in [1.82, 2.24) is 4.90 Å². The molecule has 5 heteroatoms. The highest BCUT2D eigenvalue weighted by molar-refractivity contribution is 6.30. The van der Waals surface area contributed by atoms with Crippen LogP contribution in [0.15, 0.2) is 24.3 Å². The summed E-state index contributed by atoms with van der Waals surface area (Å²) >= 11 is 5.87. The molecule has 1 aliphatic heterocycles. The number of halogens is 1. The number of carboxylic acid groups (broad SMARTS) is 1. The van der Waals surface area contributed by atoms with E-state index in [9.17, 15) is 4.79 Å². The standard InChI is InChI=1S/C14H18ClNO3/c1-10-8-16(9-13(10)14(17)18)5-6-19-12-4-2-3-11(15)7-12/h2-4,7,10,13H,5-6,8-9H2,1H3,(H,17,18). The third-order valence-corrected chi connectivity index (χ3v) is 3.71. The highest BCUT2D eigenvalue weighted by atomic mass is 35.5. The quantitative estimate of drug-likeness (QED) is 0.901. The zero-order chi connectivity index (χ0) is 13.8. The van der Waals surface area contributed by atoms with E-state index in [1.165, 1.54) is 0 Å². The molecule has 1 fully saturated rings. The minimum atomic E-state index is -0.703. The molecular formula is C14H18ClNO3. The van der Waals surface area contributed by atoms with Crippen molar-refractivity contribution in [2.24, 2.45) is 11.8 Å². The molecule has 19 heavy (non-hydrogen) atoms. The maximum atomic E-state index is 11.0. The average Bonchev–Trinajstić information content (AvgIpc) is 2.71. The molecule has 1 heterocycles. The van der Waals surface area contributed by atoms with E-state index in [1.807, 2.05) is 19.1 Å². The van der Waals surface area contributed by atoms with Crippen LogP contribution < -0.4 is 4.74 Å². The van der Waals surface area contributed by atoms with E-state index in [-0.39, 0.29) is 11.8 Å². The average molecular weight is 284 g/mol. The first-order valence-corrected chi connectivity index (χ1v) is 6.77. The third kappa shape index (κ3) is 3.85. The molecule has 2 rings (SSSR count). The number of hydrogen-bond acceptors (Lipinski definition) is 3. The van der Waals surface area contributed by atoms with Crippen LogP contribution in [0.5, 0.6) is 5.75 Å². The predicted molar refractivity (Wildman–Crippen MR) is 73.7 cm³/mol. The topological polar surface area (TPSA) is 49.8 Å². The number of ether oxygens (including phenoxy) is 1. The van der Waals surface area contributed by atoms with Crippen molar-refractivity contribution in [2.75, 3.05) is 26.2 Å². The van der Waals surface area contributed by atoms with Gasteiger partial charge >= 0.3 is 5.97 Å². The monoisotopic (exact) mass is 283 g/mol. The van der Waals surface area contributed by atoms with Crippen molar-refractivity contribution in [3.05, 3.63) is 29.3 Å². The van der Waals surface area contributed by atoms with Crippen molar-refractivity contribution >= 4 is 17.6 Å². The van der Waals surface area contributed by atoms with Gasteiger partial charge in [0.1, 0.15) is 12.4 Å². The molecule has 1 aromatic rings. The molecule has 0 aromatic heterocycles. The molecule has 2 unspecified atom stereocenters. The summed E-state index contributed by atoms with van der Waals surface area (Å²) in [5.41, 5.74) is 0. The van der Waals surface area contributed by atoms with E-state index < -0.39 is 5.97 Å². The summed E-state index contributed by atoms with van der Waals surface area (Å²) in [6, 6.07) is 7.27. The first-order chi connectivity index (χ1) is 9.06. The lowest BCUT2D eigenvalue weighted by atomic mass is 9.99. The Labute approximate surface area is 117 Å². The fourth-order valence-electron chi connectivity index (χ4n) is 2.42. The van der Waals surface area contributed by atoms with Gasteiger partial charge in [-0.25, -0.2) is 0 Å². The second-order valence-electron chi connectivity index (χ2n) is 4.99. The van der Waals surface area contributed by atoms with Gasteiger partial charge in [0.2, 0.25) is 0 Å². The van der Waals surface area contributed by atoms with Crippen molar-refractivity contribution in [3.63, 3.8) is 0 Å². The normalized spacial score (nSPS) is 23.5. The lowest BCUT2D eigenvalue weighted by molar-refractivity contribution is -0.142. The summed E-state index contributed by atoms with van der Waals surface area (Å²) in [7, 11) is 0. The van der Waals surface area contributed by atoms with Gasteiger partial charge in [-0.15, -0.1) is 0 Å². The Morgan fingerprint density at radius 2 is 2.32 bits per heavy atom. The third-order valence-electron chi connectivity index (χ3n) is 3.48. The van der Waals surface area contributed by atoms with Crippen molar-refractivity contribution < 1.29 is 14.6 Å². The maximum absolute atomic E-state index is 11.0. The molecule has 0 amide bonds. The number of rotatable bonds is 5. The van der Waals surface area contributed by atoms with Crippen LogP contribution in [-0.4, -0.2) is 42.2 Å². The lowest BCUT2D eigenvalue weighted by Gasteiger charge is -2.15. The lowest BCUT2D eigenvalue weighted by Crippen LogP contribution is -2.27. The van der Waals surface area contributed by atoms with E-state index in [4.69, 9.17) is 21.4 Å². The fraction of sp³-hybridized carbons (Fsp3) is 0.500. The summed E-state index contributed by atoms with van der Waals surface area (Å²) in [6.45, 7) is 4.68. The SMILES string of the molecule is CC1CN(CCOc2cccc(Cl)c2)CC1C(=O)O. The van der Waals surface area contributed by atoms with E-state index >= 15 is 0 Å². The van der Waals surface area contributed by atoms with Gasteiger partial charge in [-0.2, -0.15) is 0 Å². The fourth-order valence-corrected chi connectivity index (χ4v) is 2.60. The van der Waals surface area contributed by atoms with Crippen LogP contribution in [0.4, 0.5) is 0 Å². The molecule has 1 aliphatic rings. The molecular weight excluding hydrogens is 266 g/mol. The van der Waals surface area contributed by atoms with Crippen LogP contribution in [0.2, 0.25) is 5.02 Å². The maximum Gasteiger partial charge on any atom is 0.308 e. The van der Waals surface area contributed by atoms with E-state index in [2.05, 4.69) is 4.90 Å². The Hall–Kier alpha value is -1.26. The number of hydrogen-bond donors (Lipinski definition) is 1. The summed E-state index contributed by atoms with van der Waals surface area (Å²) in [5.74, 6) is -0.0184. The second kappa shape index (κ2) is 6.26. The zero-order valence-corrected chi connectivity index (χ0v) is 11.6. The van der Waals surface area contributed by atoms with Gasteiger partial charge in [-0.1, -0.05) is 24.6 Å². The van der Waals surface area contributed by atoms with Gasteiger partial charge in [-0.3, -0.25) is 9.69 Å². The Bertz CT molecular complexity index is 452. The highest BCUT2D eigenvalue weighted by Crippen LogP contribution is 2.23. The van der Waals surface area contributed by atoms with Gasteiger partial charge in [0.15, 0.2) is 0 Å². The van der Waals surface area contributed by atoms with Crippen molar-refractivity contribution in [1.29, 1.82) is 0 Å². The summed E-state index contributed by atoms with van der Waals surface area (Å²) in [5, 5.41) is 9.71. The van der Waals surface area contributed by atoms with Crippen LogP contribution in [-0.2, 0) is 4.79 Å². The smallest absolute Gasteiger partial charge is 0.308 e. The Balaban J connectivity index is 1.76. The highest BCUT2D eigenvalue weighted by Gasteiger charge is 2.34. The first-order valence-electron chi connectivity index (χ1n) is 6.40. The molecule has 0 spiro atoms. The molecule has 0 aliphatic carbocycles. The molecule has 4 nitrogen and oxygen atoms in total. The van der Waals surface area contributed by atoms with Gasteiger partial charge in [0.05, 0.1) is 5.92 Å². The summed E-state index contributed by atoms with van der Waals surface area (Å²) in [4.78, 5) is 13.2. The largest absolute Gasteiger partial charge is 0.492 e. The molecule has 104 valence electrons. The van der Waals surface area contributed by atoms with Crippen LogP contribution >= 0.6 is 11.6 Å². The molecule has 0 radical (unpaired) electrons. The molecule has 1 aromatic carbocycles. The number of benzene rings is 1. The van der Waals surface area contributed by atoms with Gasteiger partial charge in [-0.05, 0) is 24.1 Å². The predicted octanol–water partition coefficient (Wildman–Crippen LogP) is 2.37. The number of aliphatic carboxylic acids is 1. The van der Waals surface area contributed by atoms with Gasteiger partial charge in [0.25, 0.3) is 0 Å². The van der Waals surface area contributed by atoms with Crippen LogP contribution in [0.3, 0.4) is 0 Å². The first kappa shape index (κ1) is 14.2. The van der Waals surface area contributed by atoms with Gasteiger partial charge in [0, 0.05) is 24.7 Å². The minimum Gasteiger partial charge on any atom is -0.492 e. The number of carboxylic acids is 1. The van der Waals surface area contributed by atoms with Crippen LogP contribution in [0, 0.1) is 11.8 Å². The Kier molecular flexibility index (Phi) is 4.66. The number of carbonyl (C=O) groups is 1. The van der Waals surface area contributed by atoms with Crippen molar-refractivity contribution in [3.8, 4) is 5.75 Å². The zero-order valence-electron chi connectivity index (χ0n) is 10.9. The van der Waals surface area contributed by atoms with Crippen LogP contribution in [0.1, 0.15) is 6.92 Å². The Morgan fingerprint density at radius 3 is 2.95 bits per heavy atom. The summed E-state index contributed by atoms with van der Waals surface area (Å²) in [6.07, 6.45) is 0. The minimum absolute atomic E-state index is 0.198. The number of likely N-dealkylation sites (tertiary alicyclic amines) is 1. The molecule has 0 saturated carbocycles. The molecule has 1 saturated heterocycles. The number of nitrogens with zero attached hydrogens (tertiary/aromatic N) is 1. The van der Waals surface area contributed by atoms with Crippen molar-refractivity contribution in [2.45, 2.75) is 6.92 Å². The summed E-state index contributed by atoms with van der Waals surface area (Å²) < 4.78 is 5.61. The van der Waals surface area contributed by atoms with E-state index in [1.54, 1.807) is 12.1 Å². The molecule has 0 bridgehead atoms. The second-order valence-corrected chi connectivity index (χ2v) is 5.42. The van der Waals surface area contributed by atoms with E-state index in [0.717, 1.165) is 18.8 Å². The molecule has 2 atom stereocenters. The Morgan fingerprint density at radius 1 is 1.53 bits per heavy atom. The molecule has 1 N–H and O–H groups in total. The van der Waals surface area contributed by atoms with E-state index in [0.29, 0.717) is 18.2 Å².